The highest BCUT2D eigenvalue weighted by molar-refractivity contribution is 6.34. The number of amides is 2. The van der Waals surface area contributed by atoms with E-state index < -0.39 is 12.0 Å². The molecule has 0 fully saturated rings. The van der Waals surface area contributed by atoms with E-state index in [0.717, 1.165) is 0 Å². The van der Waals surface area contributed by atoms with Crippen LogP contribution in [-0.4, -0.2) is 35.3 Å². The lowest BCUT2D eigenvalue weighted by molar-refractivity contribution is 0.0936. The van der Waals surface area contributed by atoms with Gasteiger partial charge in [-0.25, -0.2) is 4.79 Å². The zero-order valence-corrected chi connectivity index (χ0v) is 9.96. The van der Waals surface area contributed by atoms with E-state index in [-0.39, 0.29) is 29.0 Å². The fraction of sp³-hybridized carbons (Fsp3) is 0.250. The summed E-state index contributed by atoms with van der Waals surface area (Å²) in [5, 5.41) is 9.35. The average Bonchev–Trinajstić information content (AvgIpc) is 2.27. The molecule has 0 saturated heterocycles. The lowest BCUT2D eigenvalue weighted by atomic mass is 10.3. The molecule has 0 bridgehead atoms. The second kappa shape index (κ2) is 6.21. The molecular weight excluding hydrogens is 271 g/mol. The van der Waals surface area contributed by atoms with E-state index in [1.807, 2.05) is 0 Å². The van der Waals surface area contributed by atoms with E-state index in [4.69, 9.17) is 28.9 Å². The van der Waals surface area contributed by atoms with Crippen molar-refractivity contribution in [1.82, 2.24) is 15.5 Å². The lowest BCUT2D eigenvalue weighted by Gasteiger charge is -2.05. The zero-order chi connectivity index (χ0) is 12.8. The maximum absolute atomic E-state index is 11.6. The van der Waals surface area contributed by atoms with Gasteiger partial charge < -0.3 is 15.8 Å². The highest BCUT2D eigenvalue weighted by Gasteiger charge is 2.12. The standard InChI is InChI=1S/C8H8Cl2N4O3/c9-5-3-4(6(10)14-13-5)7(15)12-1-2-17-8(11)16/h3H,1-2H2,(H2,11,16)(H,12,15). The van der Waals surface area contributed by atoms with E-state index in [1.54, 1.807) is 0 Å². The molecular formula is C8H8Cl2N4O3. The highest BCUT2D eigenvalue weighted by Crippen LogP contribution is 2.14. The van der Waals surface area contributed by atoms with Gasteiger partial charge in [-0.3, -0.25) is 4.79 Å². The minimum Gasteiger partial charge on any atom is -0.448 e. The number of halogens is 2. The number of rotatable bonds is 4. The van der Waals surface area contributed by atoms with E-state index in [1.165, 1.54) is 6.07 Å². The summed E-state index contributed by atoms with van der Waals surface area (Å²) in [5.41, 5.74) is 4.82. The van der Waals surface area contributed by atoms with E-state index in [0.29, 0.717) is 0 Å². The van der Waals surface area contributed by atoms with Gasteiger partial charge in [0.25, 0.3) is 5.91 Å². The van der Waals surface area contributed by atoms with E-state index in [2.05, 4.69) is 20.3 Å². The lowest BCUT2D eigenvalue weighted by Crippen LogP contribution is -2.29. The smallest absolute Gasteiger partial charge is 0.404 e. The van der Waals surface area contributed by atoms with Gasteiger partial charge in [0, 0.05) is 0 Å². The molecule has 1 aromatic heterocycles. The van der Waals surface area contributed by atoms with Crippen LogP contribution in [-0.2, 0) is 4.74 Å². The monoisotopic (exact) mass is 278 g/mol. The number of nitrogens with zero attached hydrogens (tertiary/aromatic N) is 2. The van der Waals surface area contributed by atoms with Crippen LogP contribution in [0, 0.1) is 0 Å². The topological polar surface area (TPSA) is 107 Å². The molecule has 92 valence electrons. The second-order valence-corrected chi connectivity index (χ2v) is 3.54. The molecule has 0 aliphatic heterocycles. The molecule has 0 aromatic carbocycles. The molecule has 2 amide bonds. The highest BCUT2D eigenvalue weighted by atomic mass is 35.5. The molecule has 17 heavy (non-hydrogen) atoms. The number of primary amides is 1. The quantitative estimate of drug-likeness (QED) is 0.785. The van der Waals surface area contributed by atoms with Crippen LogP contribution < -0.4 is 11.1 Å². The summed E-state index contributed by atoms with van der Waals surface area (Å²) in [6.07, 6.45) is -0.911. The third-order valence-corrected chi connectivity index (χ3v) is 2.06. The van der Waals surface area contributed by atoms with Crippen molar-refractivity contribution in [3.63, 3.8) is 0 Å². The average molecular weight is 279 g/mol. The van der Waals surface area contributed by atoms with Crippen LogP contribution in [0.4, 0.5) is 4.79 Å². The van der Waals surface area contributed by atoms with E-state index >= 15 is 0 Å². The van der Waals surface area contributed by atoms with Crippen molar-refractivity contribution in [1.29, 1.82) is 0 Å². The maximum Gasteiger partial charge on any atom is 0.404 e. The molecule has 7 nitrogen and oxygen atoms in total. The van der Waals surface area contributed by atoms with Gasteiger partial charge in [-0.2, -0.15) is 0 Å². The SMILES string of the molecule is NC(=O)OCCNC(=O)c1cc(Cl)nnc1Cl. The van der Waals surface area contributed by atoms with Crippen LogP contribution in [0.2, 0.25) is 10.3 Å². The summed E-state index contributed by atoms with van der Waals surface area (Å²) in [6.45, 7) is 0.0585. The molecule has 3 N–H and O–H groups in total. The summed E-state index contributed by atoms with van der Waals surface area (Å²) in [7, 11) is 0. The Bertz CT molecular complexity index is 441. The Hall–Kier alpha value is -1.60. The summed E-state index contributed by atoms with van der Waals surface area (Å²) < 4.78 is 4.42. The van der Waals surface area contributed by atoms with Crippen LogP contribution in [0.25, 0.3) is 0 Å². The molecule has 0 atom stereocenters. The molecule has 0 aliphatic rings. The minimum atomic E-state index is -0.911. The Labute approximate surface area is 106 Å². The molecule has 1 heterocycles. The van der Waals surface area contributed by atoms with Crippen molar-refractivity contribution >= 4 is 35.2 Å². The Morgan fingerprint density at radius 1 is 1.41 bits per heavy atom. The third-order valence-electron chi connectivity index (χ3n) is 1.60. The predicted octanol–water partition coefficient (Wildman–Crippen LogP) is 0.609. The number of hydrogen-bond acceptors (Lipinski definition) is 5. The van der Waals surface area contributed by atoms with Crippen molar-refractivity contribution < 1.29 is 14.3 Å². The van der Waals surface area contributed by atoms with Gasteiger partial charge in [-0.05, 0) is 6.07 Å². The van der Waals surface area contributed by atoms with Crippen molar-refractivity contribution in [2.45, 2.75) is 0 Å². The van der Waals surface area contributed by atoms with Crippen LogP contribution in [0.15, 0.2) is 6.07 Å². The predicted molar refractivity (Wildman–Crippen MR) is 59.9 cm³/mol. The van der Waals surface area contributed by atoms with Gasteiger partial charge in [-0.1, -0.05) is 23.2 Å². The zero-order valence-electron chi connectivity index (χ0n) is 8.44. The van der Waals surface area contributed by atoms with Crippen LogP contribution >= 0.6 is 23.2 Å². The van der Waals surface area contributed by atoms with Gasteiger partial charge in [0.1, 0.15) is 6.61 Å². The Kier molecular flexibility index (Phi) is 4.92. The molecule has 0 aliphatic carbocycles. The van der Waals surface area contributed by atoms with Gasteiger partial charge in [-0.15, -0.1) is 10.2 Å². The van der Waals surface area contributed by atoms with Crippen molar-refractivity contribution in [3.8, 4) is 0 Å². The summed E-state index contributed by atoms with van der Waals surface area (Å²) >= 11 is 11.2. The Morgan fingerprint density at radius 2 is 2.12 bits per heavy atom. The van der Waals surface area contributed by atoms with Crippen LogP contribution in [0.5, 0.6) is 0 Å². The maximum atomic E-state index is 11.6. The summed E-state index contributed by atoms with van der Waals surface area (Å²) in [6, 6.07) is 1.28. The number of aromatic nitrogens is 2. The molecule has 0 saturated carbocycles. The normalized spacial score (nSPS) is 9.76. The molecule has 0 unspecified atom stereocenters. The van der Waals surface area contributed by atoms with Crippen molar-refractivity contribution in [3.05, 3.63) is 21.9 Å². The first-order valence-electron chi connectivity index (χ1n) is 4.40. The number of ether oxygens (including phenoxy) is 1. The summed E-state index contributed by atoms with van der Waals surface area (Å²) in [5.74, 6) is -0.500. The third kappa shape index (κ3) is 4.41. The van der Waals surface area contributed by atoms with Crippen molar-refractivity contribution in [2.24, 2.45) is 5.73 Å². The van der Waals surface area contributed by atoms with Crippen molar-refractivity contribution in [2.75, 3.05) is 13.2 Å². The van der Waals surface area contributed by atoms with Gasteiger partial charge in [0.2, 0.25) is 0 Å². The number of hydrogen-bond donors (Lipinski definition) is 2. The molecule has 1 rings (SSSR count). The first-order valence-corrected chi connectivity index (χ1v) is 5.15. The molecule has 9 heteroatoms. The van der Waals surface area contributed by atoms with Gasteiger partial charge in [0.15, 0.2) is 10.3 Å². The number of nitrogens with one attached hydrogen (secondary N) is 1. The first-order chi connectivity index (χ1) is 8.00. The van der Waals surface area contributed by atoms with E-state index in [9.17, 15) is 9.59 Å². The minimum absolute atomic E-state index is 0.0368. The fourth-order valence-corrected chi connectivity index (χ4v) is 1.25. The number of nitrogens with two attached hydrogens (primary N) is 1. The van der Waals surface area contributed by atoms with Gasteiger partial charge in [0.05, 0.1) is 12.1 Å². The fourth-order valence-electron chi connectivity index (χ4n) is 0.924. The van der Waals surface area contributed by atoms with Gasteiger partial charge >= 0.3 is 6.09 Å². The number of carbonyl (C=O) groups is 2. The molecule has 1 aromatic rings. The summed E-state index contributed by atoms with van der Waals surface area (Å²) in [4.78, 5) is 21.8. The second-order valence-electron chi connectivity index (χ2n) is 2.79. The first kappa shape index (κ1) is 13.5. The van der Waals surface area contributed by atoms with Crippen LogP contribution in [0.1, 0.15) is 10.4 Å². The Morgan fingerprint density at radius 3 is 2.76 bits per heavy atom. The number of carbonyl (C=O) groups excluding carboxylic acids is 2. The largest absolute Gasteiger partial charge is 0.448 e. The van der Waals surface area contributed by atoms with Crippen LogP contribution in [0.3, 0.4) is 0 Å². The Balaban J connectivity index is 2.52. The molecule has 0 spiro atoms. The molecule has 0 radical (unpaired) electrons.